The molecule has 0 aliphatic heterocycles. The van der Waals surface area contributed by atoms with Gasteiger partial charge in [-0.05, 0) is 57.2 Å². The van der Waals surface area contributed by atoms with Crippen molar-refractivity contribution in [1.29, 1.82) is 0 Å². The number of hydrogen-bond acceptors (Lipinski definition) is 3. The van der Waals surface area contributed by atoms with Crippen molar-refractivity contribution in [2.45, 2.75) is 58.0 Å². The molecule has 0 radical (unpaired) electrons. The summed E-state index contributed by atoms with van der Waals surface area (Å²) in [5, 5.41) is 12.8. The lowest BCUT2D eigenvalue weighted by Crippen LogP contribution is -2.42. The molecule has 0 saturated heterocycles. The molecule has 3 heteroatoms. The van der Waals surface area contributed by atoms with E-state index in [1.807, 2.05) is 0 Å². The maximum atomic E-state index is 9.19. The number of nitrogens with zero attached hydrogens (tertiary/aromatic N) is 1. The van der Waals surface area contributed by atoms with Crippen LogP contribution in [0.3, 0.4) is 0 Å². The van der Waals surface area contributed by atoms with E-state index in [-0.39, 0.29) is 6.61 Å². The van der Waals surface area contributed by atoms with Crippen molar-refractivity contribution in [1.82, 2.24) is 5.32 Å². The molecule has 0 heterocycles. The molecule has 1 aliphatic carbocycles. The highest BCUT2D eigenvalue weighted by Gasteiger charge is 2.26. The average molecular weight is 290 g/mol. The highest BCUT2D eigenvalue weighted by atomic mass is 16.3. The number of aliphatic hydroxyl groups is 1. The molecule has 0 spiro atoms. The minimum absolute atomic E-state index is 0.273. The molecule has 2 N–H and O–H groups in total. The summed E-state index contributed by atoms with van der Waals surface area (Å²) in [6.07, 6.45) is 5.92. The van der Waals surface area contributed by atoms with E-state index in [0.29, 0.717) is 12.1 Å². The Morgan fingerprint density at radius 1 is 1.33 bits per heavy atom. The van der Waals surface area contributed by atoms with Crippen LogP contribution in [-0.2, 0) is 0 Å². The van der Waals surface area contributed by atoms with E-state index in [2.05, 4.69) is 48.3 Å². The summed E-state index contributed by atoms with van der Waals surface area (Å²) in [5.41, 5.74) is 2.74. The van der Waals surface area contributed by atoms with E-state index in [1.165, 1.54) is 30.5 Å². The zero-order valence-corrected chi connectivity index (χ0v) is 13.5. The fourth-order valence-electron chi connectivity index (χ4n) is 3.03. The second-order valence-corrected chi connectivity index (χ2v) is 6.09. The molecule has 1 atom stereocenters. The largest absolute Gasteiger partial charge is 0.396 e. The van der Waals surface area contributed by atoms with Gasteiger partial charge < -0.3 is 15.3 Å². The molecule has 1 aromatic rings. The van der Waals surface area contributed by atoms with E-state index in [4.69, 9.17) is 0 Å². The zero-order chi connectivity index (χ0) is 15.1. The van der Waals surface area contributed by atoms with Gasteiger partial charge in [-0.2, -0.15) is 0 Å². The van der Waals surface area contributed by atoms with Crippen LogP contribution in [0.2, 0.25) is 0 Å². The van der Waals surface area contributed by atoms with E-state index < -0.39 is 0 Å². The quantitative estimate of drug-likeness (QED) is 0.731. The number of para-hydroxylation sites is 1. The van der Waals surface area contributed by atoms with Crippen molar-refractivity contribution in [2.75, 3.05) is 24.6 Å². The molecule has 1 aromatic carbocycles. The van der Waals surface area contributed by atoms with Crippen LogP contribution in [0.25, 0.3) is 0 Å². The number of aliphatic hydroxyl groups excluding tert-OH is 1. The van der Waals surface area contributed by atoms with Crippen LogP contribution >= 0.6 is 0 Å². The minimum atomic E-state index is 0.273. The molecule has 0 bridgehead atoms. The molecule has 21 heavy (non-hydrogen) atoms. The second-order valence-electron chi connectivity index (χ2n) is 6.09. The van der Waals surface area contributed by atoms with Crippen LogP contribution < -0.4 is 10.2 Å². The monoisotopic (exact) mass is 290 g/mol. The van der Waals surface area contributed by atoms with E-state index in [0.717, 1.165) is 25.9 Å². The molecule has 1 aliphatic rings. The molecular weight excluding hydrogens is 260 g/mol. The summed E-state index contributed by atoms with van der Waals surface area (Å²) >= 11 is 0. The molecule has 2 rings (SSSR count). The summed E-state index contributed by atoms with van der Waals surface area (Å²) in [4.78, 5) is 2.53. The highest BCUT2D eigenvalue weighted by Crippen LogP contribution is 2.34. The van der Waals surface area contributed by atoms with Crippen LogP contribution in [0.5, 0.6) is 0 Å². The lowest BCUT2D eigenvalue weighted by Gasteiger charge is -2.41. The standard InChI is InChI=1S/C18H30N2O/c1-3-12-19-15(2)17-10-4-5-11-18(17)20(13-7-14-21)16-8-6-9-16/h4-5,10-11,15-16,19,21H,3,6-9,12-14H2,1-2H3. The van der Waals surface area contributed by atoms with E-state index in [1.54, 1.807) is 0 Å². The molecule has 1 unspecified atom stereocenters. The third kappa shape index (κ3) is 4.21. The predicted molar refractivity (Wildman–Crippen MR) is 89.8 cm³/mol. The Morgan fingerprint density at radius 3 is 2.71 bits per heavy atom. The number of rotatable bonds is 9. The van der Waals surface area contributed by atoms with Gasteiger partial charge in [-0.15, -0.1) is 0 Å². The van der Waals surface area contributed by atoms with Gasteiger partial charge in [-0.3, -0.25) is 0 Å². The molecular formula is C18H30N2O. The van der Waals surface area contributed by atoms with Gasteiger partial charge in [0.2, 0.25) is 0 Å². The van der Waals surface area contributed by atoms with Gasteiger partial charge in [0.1, 0.15) is 0 Å². The number of nitrogens with one attached hydrogen (secondary N) is 1. The summed E-state index contributed by atoms with van der Waals surface area (Å²) in [6, 6.07) is 9.79. The van der Waals surface area contributed by atoms with Gasteiger partial charge in [0.05, 0.1) is 0 Å². The molecule has 118 valence electrons. The van der Waals surface area contributed by atoms with Gasteiger partial charge in [0.25, 0.3) is 0 Å². The highest BCUT2D eigenvalue weighted by molar-refractivity contribution is 5.56. The van der Waals surface area contributed by atoms with Crippen molar-refractivity contribution in [3.05, 3.63) is 29.8 Å². The summed E-state index contributed by atoms with van der Waals surface area (Å²) in [7, 11) is 0. The molecule has 0 aromatic heterocycles. The first-order valence-corrected chi connectivity index (χ1v) is 8.47. The van der Waals surface area contributed by atoms with Crippen molar-refractivity contribution >= 4 is 5.69 Å². The third-order valence-electron chi connectivity index (χ3n) is 4.49. The van der Waals surface area contributed by atoms with Gasteiger partial charge in [0.15, 0.2) is 0 Å². The van der Waals surface area contributed by atoms with Gasteiger partial charge >= 0.3 is 0 Å². The molecule has 3 nitrogen and oxygen atoms in total. The topological polar surface area (TPSA) is 35.5 Å². The lowest BCUT2D eigenvalue weighted by atomic mass is 9.90. The van der Waals surface area contributed by atoms with Crippen LogP contribution in [0, 0.1) is 0 Å². The van der Waals surface area contributed by atoms with Gasteiger partial charge in [-0.25, -0.2) is 0 Å². The Morgan fingerprint density at radius 2 is 2.10 bits per heavy atom. The Balaban J connectivity index is 2.18. The number of benzene rings is 1. The number of anilines is 1. The smallest absolute Gasteiger partial charge is 0.0447 e. The second kappa shape index (κ2) is 8.40. The molecule has 0 amide bonds. The summed E-state index contributed by atoms with van der Waals surface area (Å²) < 4.78 is 0. The normalized spacial score (nSPS) is 16.5. The first-order chi connectivity index (χ1) is 10.3. The number of hydrogen-bond donors (Lipinski definition) is 2. The maximum Gasteiger partial charge on any atom is 0.0447 e. The fraction of sp³-hybridized carbons (Fsp3) is 0.667. The van der Waals surface area contributed by atoms with Crippen molar-refractivity contribution in [2.24, 2.45) is 0 Å². The molecule has 1 saturated carbocycles. The van der Waals surface area contributed by atoms with Crippen molar-refractivity contribution in [3.63, 3.8) is 0 Å². The van der Waals surface area contributed by atoms with E-state index >= 15 is 0 Å². The van der Waals surface area contributed by atoms with Crippen LogP contribution in [0.4, 0.5) is 5.69 Å². The predicted octanol–water partition coefficient (Wildman–Crippen LogP) is 3.49. The Bertz CT molecular complexity index is 417. The Labute approximate surface area is 129 Å². The first-order valence-electron chi connectivity index (χ1n) is 8.47. The summed E-state index contributed by atoms with van der Waals surface area (Å²) in [6.45, 7) is 6.73. The van der Waals surface area contributed by atoms with Crippen molar-refractivity contribution in [3.8, 4) is 0 Å². The zero-order valence-electron chi connectivity index (χ0n) is 13.5. The van der Waals surface area contributed by atoms with Crippen molar-refractivity contribution < 1.29 is 5.11 Å². The van der Waals surface area contributed by atoms with Gasteiger partial charge in [-0.1, -0.05) is 25.1 Å². The Kier molecular flexibility index (Phi) is 6.52. The average Bonchev–Trinajstić information content (AvgIpc) is 2.47. The minimum Gasteiger partial charge on any atom is -0.396 e. The Hall–Kier alpha value is -1.06. The maximum absolute atomic E-state index is 9.19. The fourth-order valence-corrected chi connectivity index (χ4v) is 3.03. The summed E-state index contributed by atoms with van der Waals surface area (Å²) in [5.74, 6) is 0. The van der Waals surface area contributed by atoms with Crippen LogP contribution in [-0.4, -0.2) is 30.8 Å². The first kappa shape index (κ1) is 16.3. The van der Waals surface area contributed by atoms with Gasteiger partial charge in [0, 0.05) is 30.9 Å². The SMILES string of the molecule is CCCNC(C)c1ccccc1N(CCCO)C1CCC1. The lowest BCUT2D eigenvalue weighted by molar-refractivity contribution is 0.283. The third-order valence-corrected chi connectivity index (χ3v) is 4.49. The van der Waals surface area contributed by atoms with E-state index in [9.17, 15) is 5.11 Å². The molecule has 1 fully saturated rings. The van der Waals surface area contributed by atoms with Crippen LogP contribution in [0.1, 0.15) is 57.6 Å². The van der Waals surface area contributed by atoms with Crippen LogP contribution in [0.15, 0.2) is 24.3 Å².